The second-order valence-corrected chi connectivity index (χ2v) is 12.9. The van der Waals surface area contributed by atoms with Crippen molar-refractivity contribution < 1.29 is 19.1 Å². The van der Waals surface area contributed by atoms with Gasteiger partial charge in [-0.1, -0.05) is 17.4 Å². The molecule has 0 unspecified atom stereocenters. The summed E-state index contributed by atoms with van der Waals surface area (Å²) in [6.45, 7) is 2.03. The monoisotopic (exact) mass is 538 g/mol. The largest absolute Gasteiger partial charge is 0.462 e. The minimum absolute atomic E-state index is 0.0498. The van der Waals surface area contributed by atoms with E-state index in [0.29, 0.717) is 11.3 Å². The molecule has 7 atom stereocenters. The fourth-order valence-corrected chi connectivity index (χ4v) is 10.9. The highest BCUT2D eigenvalue weighted by molar-refractivity contribution is 8.00. The number of anilines is 1. The number of ether oxygens (including phenoxy) is 1. The van der Waals surface area contributed by atoms with Crippen molar-refractivity contribution in [2.75, 3.05) is 11.5 Å². The van der Waals surface area contributed by atoms with Crippen LogP contribution in [0.15, 0.2) is 51.6 Å². The number of nitrogens with one attached hydrogen (secondary N) is 1. The maximum absolute atomic E-state index is 13.8. The molecule has 0 radical (unpaired) electrons. The van der Waals surface area contributed by atoms with Gasteiger partial charge in [0, 0.05) is 20.9 Å². The molecule has 3 aromatic rings. The fraction of sp³-hybridized carbons (Fsp3) is 0.385. The second-order valence-electron chi connectivity index (χ2n) is 9.76. The third-order valence-electron chi connectivity index (χ3n) is 8.21. The standard InChI is InChI=1S/C26H22N2O5S3/c1-2-33-25(31)11-5-7-12(8-6-11)28-23(29)17-13-10-14(18(17)24(28)30)20-16(13)19(15-4-3-9-34-15)21-22(35-20)27-26(32)36-21/h3-9,13-14,16-20H,2,10H2,1H3,(H,27,32)/t13-,14-,16-,17+,18-,19-,20-/m1/s1. The SMILES string of the molecule is CCOC(=O)c1ccc(N2C(=O)[C@@H]3[C@H]4C[C@@H]([C@@H]3C2=O)[C@@H]2[C@@H](c3cccs3)c3sc(=O)[nH]c3S[C@H]42)cc1. The number of hydrogen-bond donors (Lipinski definition) is 1. The van der Waals surface area contributed by atoms with Crippen molar-refractivity contribution in [3.63, 3.8) is 0 Å². The highest BCUT2D eigenvalue weighted by atomic mass is 32.2. The molecule has 1 saturated heterocycles. The van der Waals surface area contributed by atoms with Crippen LogP contribution in [0.4, 0.5) is 5.69 Å². The minimum atomic E-state index is -0.427. The number of amides is 2. The number of thiazole rings is 1. The Kier molecular flexibility index (Phi) is 5.10. The number of imide groups is 1. The zero-order chi connectivity index (χ0) is 24.7. The molecule has 7 nitrogen and oxygen atoms in total. The second kappa shape index (κ2) is 8.16. The molecule has 1 N–H and O–H groups in total. The van der Waals surface area contributed by atoms with Crippen LogP contribution in [0.1, 0.15) is 39.4 Å². The van der Waals surface area contributed by atoms with Crippen LogP contribution in [0.5, 0.6) is 0 Å². The van der Waals surface area contributed by atoms with Crippen molar-refractivity contribution in [3.8, 4) is 0 Å². The van der Waals surface area contributed by atoms with E-state index in [1.165, 1.54) is 21.1 Å². The highest BCUT2D eigenvalue weighted by Gasteiger charge is 2.69. The smallest absolute Gasteiger partial charge is 0.338 e. The third kappa shape index (κ3) is 3.04. The van der Waals surface area contributed by atoms with E-state index in [0.717, 1.165) is 16.3 Å². The average Bonchev–Trinajstić information content (AvgIpc) is 3.67. The zero-order valence-electron chi connectivity index (χ0n) is 19.2. The summed E-state index contributed by atoms with van der Waals surface area (Å²) in [6, 6.07) is 10.7. The van der Waals surface area contributed by atoms with Crippen LogP contribution in [0.25, 0.3) is 0 Å². The van der Waals surface area contributed by atoms with Crippen LogP contribution in [0.2, 0.25) is 0 Å². The molecule has 36 heavy (non-hydrogen) atoms. The Bertz CT molecular complexity index is 1440. The van der Waals surface area contributed by atoms with E-state index in [9.17, 15) is 19.2 Å². The van der Waals surface area contributed by atoms with Crippen molar-refractivity contribution in [2.45, 2.75) is 29.5 Å². The number of aromatic nitrogens is 1. The summed E-state index contributed by atoms with van der Waals surface area (Å²) in [5.74, 6) is -0.909. The van der Waals surface area contributed by atoms with E-state index in [2.05, 4.69) is 16.4 Å². The zero-order valence-corrected chi connectivity index (χ0v) is 21.7. The first kappa shape index (κ1) is 22.5. The van der Waals surface area contributed by atoms with Crippen molar-refractivity contribution >= 4 is 57.9 Å². The lowest BCUT2D eigenvalue weighted by atomic mass is 9.69. The Labute approximate surface area is 218 Å². The van der Waals surface area contributed by atoms with E-state index in [1.54, 1.807) is 54.3 Å². The molecule has 4 heterocycles. The number of carbonyl (C=O) groups excluding carboxylic acids is 3. The lowest BCUT2D eigenvalue weighted by Crippen LogP contribution is -2.42. The highest BCUT2D eigenvalue weighted by Crippen LogP contribution is 2.68. The molecule has 2 aliphatic heterocycles. The lowest BCUT2D eigenvalue weighted by Gasteiger charge is -2.42. The van der Waals surface area contributed by atoms with E-state index in [4.69, 9.17) is 4.74 Å². The summed E-state index contributed by atoms with van der Waals surface area (Å²) < 4.78 is 5.05. The van der Waals surface area contributed by atoms with Gasteiger partial charge in [0.05, 0.1) is 34.7 Å². The molecule has 2 saturated carbocycles. The molecule has 2 aromatic heterocycles. The summed E-state index contributed by atoms with van der Waals surface area (Å²) in [5.41, 5.74) is 0.891. The van der Waals surface area contributed by atoms with Crippen molar-refractivity contribution in [1.82, 2.24) is 4.98 Å². The molecule has 4 aliphatic rings. The van der Waals surface area contributed by atoms with Gasteiger partial charge in [-0.2, -0.15) is 0 Å². The quantitative estimate of drug-likeness (QED) is 0.392. The van der Waals surface area contributed by atoms with Gasteiger partial charge in [0.25, 0.3) is 0 Å². The molecule has 0 spiro atoms. The predicted octanol–water partition coefficient (Wildman–Crippen LogP) is 4.35. The number of carbonyl (C=O) groups is 3. The first-order valence-electron chi connectivity index (χ1n) is 12.1. The summed E-state index contributed by atoms with van der Waals surface area (Å²) in [4.78, 5) is 58.4. The summed E-state index contributed by atoms with van der Waals surface area (Å²) >= 11 is 4.67. The number of aromatic amines is 1. The number of H-pyrrole nitrogens is 1. The summed E-state index contributed by atoms with van der Waals surface area (Å²) in [7, 11) is 0. The van der Waals surface area contributed by atoms with Crippen LogP contribution in [0.3, 0.4) is 0 Å². The Morgan fingerprint density at radius 3 is 2.53 bits per heavy atom. The molecule has 1 aromatic carbocycles. The molecule has 2 amide bonds. The third-order valence-corrected chi connectivity index (χ3v) is 11.8. The number of fused-ring (bicyclic) bond motifs is 9. The van der Waals surface area contributed by atoms with Gasteiger partial charge in [0.2, 0.25) is 11.8 Å². The van der Waals surface area contributed by atoms with Gasteiger partial charge in [-0.3, -0.25) is 19.3 Å². The number of rotatable bonds is 4. The van der Waals surface area contributed by atoms with Gasteiger partial charge in [0.1, 0.15) is 0 Å². The minimum Gasteiger partial charge on any atom is -0.462 e. The Morgan fingerprint density at radius 1 is 1.08 bits per heavy atom. The van der Waals surface area contributed by atoms with Gasteiger partial charge in [-0.15, -0.1) is 23.1 Å². The van der Waals surface area contributed by atoms with Crippen LogP contribution in [-0.2, 0) is 14.3 Å². The average molecular weight is 539 g/mol. The van der Waals surface area contributed by atoms with Crippen molar-refractivity contribution in [3.05, 3.63) is 66.8 Å². The molecule has 2 bridgehead atoms. The van der Waals surface area contributed by atoms with E-state index >= 15 is 0 Å². The molecular formula is C26H22N2O5S3. The van der Waals surface area contributed by atoms with E-state index < -0.39 is 5.97 Å². The molecule has 3 fully saturated rings. The maximum Gasteiger partial charge on any atom is 0.338 e. The first-order chi connectivity index (χ1) is 17.5. The normalized spacial score (nSPS) is 31.9. The van der Waals surface area contributed by atoms with E-state index in [-0.39, 0.29) is 64.1 Å². The molecule has 2 aliphatic carbocycles. The van der Waals surface area contributed by atoms with Crippen LogP contribution < -0.4 is 9.77 Å². The van der Waals surface area contributed by atoms with Crippen LogP contribution in [-0.4, -0.2) is 34.6 Å². The van der Waals surface area contributed by atoms with Gasteiger partial charge >= 0.3 is 10.8 Å². The summed E-state index contributed by atoms with van der Waals surface area (Å²) in [5, 5.41) is 3.17. The Hall–Kier alpha value is -2.69. The predicted molar refractivity (Wildman–Crippen MR) is 138 cm³/mol. The van der Waals surface area contributed by atoms with Gasteiger partial charge < -0.3 is 9.72 Å². The van der Waals surface area contributed by atoms with Crippen LogP contribution in [0, 0.1) is 29.6 Å². The Balaban J connectivity index is 1.24. The van der Waals surface area contributed by atoms with Gasteiger partial charge in [-0.05, 0) is 66.8 Å². The van der Waals surface area contributed by atoms with Crippen molar-refractivity contribution in [2.24, 2.45) is 29.6 Å². The first-order valence-corrected chi connectivity index (χ1v) is 14.6. The molecular weight excluding hydrogens is 516 g/mol. The lowest BCUT2D eigenvalue weighted by molar-refractivity contribution is -0.123. The van der Waals surface area contributed by atoms with E-state index in [1.807, 2.05) is 6.07 Å². The number of benzene rings is 1. The number of thiophene rings is 1. The number of nitrogens with zero attached hydrogens (tertiary/aromatic N) is 1. The Morgan fingerprint density at radius 2 is 1.83 bits per heavy atom. The van der Waals surface area contributed by atoms with Crippen molar-refractivity contribution in [1.29, 1.82) is 0 Å². The molecule has 7 rings (SSSR count). The number of esters is 1. The molecule has 184 valence electrons. The number of thioether (sulfide) groups is 1. The summed E-state index contributed by atoms with van der Waals surface area (Å²) in [6.07, 6.45) is 0.867. The van der Waals surface area contributed by atoms with Gasteiger partial charge in [-0.25, -0.2) is 4.79 Å². The topological polar surface area (TPSA) is 96.5 Å². The van der Waals surface area contributed by atoms with Crippen LogP contribution >= 0.6 is 34.4 Å². The maximum atomic E-state index is 13.8. The molecule has 10 heteroatoms. The fourth-order valence-electron chi connectivity index (χ4n) is 7.02. The van der Waals surface area contributed by atoms with Gasteiger partial charge in [0.15, 0.2) is 0 Å². The number of hydrogen-bond acceptors (Lipinski definition) is 8.